The van der Waals surface area contributed by atoms with Gasteiger partial charge < -0.3 is 5.32 Å². The van der Waals surface area contributed by atoms with Crippen molar-refractivity contribution in [3.05, 3.63) is 51.3 Å². The van der Waals surface area contributed by atoms with E-state index < -0.39 is 5.82 Å². The van der Waals surface area contributed by atoms with Crippen molar-refractivity contribution in [3.63, 3.8) is 0 Å². The van der Waals surface area contributed by atoms with Crippen LogP contribution in [0.25, 0.3) is 0 Å². The van der Waals surface area contributed by atoms with Crippen molar-refractivity contribution < 1.29 is 4.39 Å². The van der Waals surface area contributed by atoms with Gasteiger partial charge in [-0.3, -0.25) is 0 Å². The maximum Gasteiger partial charge on any atom is 0.166 e. The molecule has 2 nitrogen and oxygen atoms in total. The van der Waals surface area contributed by atoms with Gasteiger partial charge in [0.05, 0.1) is 10.7 Å². The molecule has 0 spiro atoms. The molecule has 0 atom stereocenters. The molecule has 0 saturated heterocycles. The first-order chi connectivity index (χ1) is 8.08. The predicted molar refractivity (Wildman–Crippen MR) is 71.4 cm³/mol. The standard InChI is InChI=1S/C12H9BrClFN2/c1-7-3-2-4-9(14)11(7)17-12-10(15)5-8(13)6-16-12/h2-6H,1H3,(H,16,17). The van der Waals surface area contributed by atoms with Gasteiger partial charge in [-0.25, -0.2) is 9.37 Å². The molecule has 0 saturated carbocycles. The molecule has 1 aromatic heterocycles. The van der Waals surface area contributed by atoms with Crippen LogP contribution in [0.2, 0.25) is 5.02 Å². The van der Waals surface area contributed by atoms with E-state index in [4.69, 9.17) is 11.6 Å². The van der Waals surface area contributed by atoms with Crippen molar-refractivity contribution in [3.8, 4) is 0 Å². The van der Waals surface area contributed by atoms with Crippen molar-refractivity contribution in [2.75, 3.05) is 5.32 Å². The lowest BCUT2D eigenvalue weighted by Gasteiger charge is -2.11. The van der Waals surface area contributed by atoms with E-state index in [1.807, 2.05) is 19.1 Å². The summed E-state index contributed by atoms with van der Waals surface area (Å²) >= 11 is 9.20. The Balaban J connectivity index is 2.38. The molecule has 1 aromatic carbocycles. The first-order valence-corrected chi connectivity index (χ1v) is 6.08. The Kier molecular flexibility index (Phi) is 3.64. The lowest BCUT2D eigenvalue weighted by Crippen LogP contribution is -1.99. The van der Waals surface area contributed by atoms with E-state index in [1.54, 1.807) is 6.07 Å². The van der Waals surface area contributed by atoms with E-state index in [1.165, 1.54) is 12.3 Å². The second-order valence-electron chi connectivity index (χ2n) is 3.54. The van der Waals surface area contributed by atoms with E-state index in [-0.39, 0.29) is 5.82 Å². The quantitative estimate of drug-likeness (QED) is 0.869. The predicted octanol–water partition coefficient (Wildman–Crippen LogP) is 4.69. The number of aromatic nitrogens is 1. The highest BCUT2D eigenvalue weighted by Crippen LogP contribution is 2.29. The number of anilines is 2. The Morgan fingerprint density at radius 1 is 1.41 bits per heavy atom. The van der Waals surface area contributed by atoms with E-state index >= 15 is 0 Å². The first-order valence-electron chi connectivity index (χ1n) is 4.91. The summed E-state index contributed by atoms with van der Waals surface area (Å²) in [5, 5.41) is 3.43. The van der Waals surface area contributed by atoms with Crippen LogP contribution in [0.4, 0.5) is 15.9 Å². The molecule has 5 heteroatoms. The van der Waals surface area contributed by atoms with Crippen LogP contribution in [0.15, 0.2) is 34.9 Å². The van der Waals surface area contributed by atoms with E-state index in [2.05, 4.69) is 26.2 Å². The van der Waals surface area contributed by atoms with E-state index in [9.17, 15) is 4.39 Å². The average molecular weight is 316 g/mol. The Bertz CT molecular complexity index is 540. The van der Waals surface area contributed by atoms with Gasteiger partial charge in [0.15, 0.2) is 11.6 Å². The first kappa shape index (κ1) is 12.3. The Morgan fingerprint density at radius 2 is 2.18 bits per heavy atom. The van der Waals surface area contributed by atoms with Gasteiger partial charge in [-0.1, -0.05) is 23.7 Å². The molecular formula is C12H9BrClFN2. The number of benzene rings is 1. The van der Waals surface area contributed by atoms with Gasteiger partial charge in [-0.2, -0.15) is 0 Å². The third kappa shape index (κ3) is 2.76. The van der Waals surface area contributed by atoms with Crippen molar-refractivity contribution in [1.29, 1.82) is 0 Å². The molecule has 2 aromatic rings. The van der Waals surface area contributed by atoms with E-state index in [0.29, 0.717) is 15.2 Å². The third-order valence-electron chi connectivity index (χ3n) is 2.27. The normalized spacial score (nSPS) is 10.4. The van der Waals surface area contributed by atoms with Crippen LogP contribution in [-0.2, 0) is 0 Å². The minimum Gasteiger partial charge on any atom is -0.336 e. The fourth-order valence-electron chi connectivity index (χ4n) is 1.42. The lowest BCUT2D eigenvalue weighted by atomic mass is 10.2. The van der Waals surface area contributed by atoms with Gasteiger partial charge >= 0.3 is 0 Å². The summed E-state index contributed by atoms with van der Waals surface area (Å²) in [6, 6.07) is 6.83. The number of para-hydroxylation sites is 1. The van der Waals surface area contributed by atoms with Crippen molar-refractivity contribution in [2.24, 2.45) is 0 Å². The average Bonchev–Trinajstić information content (AvgIpc) is 2.26. The van der Waals surface area contributed by atoms with Gasteiger partial charge in [0.25, 0.3) is 0 Å². The summed E-state index contributed by atoms with van der Waals surface area (Å²) < 4.78 is 14.2. The summed E-state index contributed by atoms with van der Waals surface area (Å²) in [4.78, 5) is 3.96. The zero-order valence-electron chi connectivity index (χ0n) is 8.97. The third-order valence-corrected chi connectivity index (χ3v) is 3.02. The monoisotopic (exact) mass is 314 g/mol. The molecule has 0 bridgehead atoms. The van der Waals surface area contributed by atoms with Gasteiger partial charge in [0, 0.05) is 10.7 Å². The topological polar surface area (TPSA) is 24.9 Å². The lowest BCUT2D eigenvalue weighted by molar-refractivity contribution is 0.625. The fourth-order valence-corrected chi connectivity index (χ4v) is 1.99. The zero-order valence-corrected chi connectivity index (χ0v) is 11.3. The fraction of sp³-hybridized carbons (Fsp3) is 0.0833. The van der Waals surface area contributed by atoms with Gasteiger partial charge in [0.2, 0.25) is 0 Å². The highest BCUT2D eigenvalue weighted by atomic mass is 79.9. The SMILES string of the molecule is Cc1cccc(Cl)c1Nc1ncc(Br)cc1F. The van der Waals surface area contributed by atoms with Crippen molar-refractivity contribution in [2.45, 2.75) is 6.92 Å². The molecule has 0 amide bonds. The number of aryl methyl sites for hydroxylation is 1. The minimum absolute atomic E-state index is 0.157. The summed E-state index contributed by atoms with van der Waals surface area (Å²) in [6.45, 7) is 1.89. The Labute approximate surface area is 112 Å². The molecule has 0 radical (unpaired) electrons. The summed E-state index contributed by atoms with van der Waals surface area (Å²) in [5.74, 6) is -0.275. The molecular weight excluding hydrogens is 307 g/mol. The Hall–Kier alpha value is -1.13. The van der Waals surface area contributed by atoms with Gasteiger partial charge in [-0.15, -0.1) is 0 Å². The van der Waals surface area contributed by atoms with Crippen molar-refractivity contribution in [1.82, 2.24) is 4.98 Å². The zero-order chi connectivity index (χ0) is 12.4. The van der Waals surface area contributed by atoms with Crippen LogP contribution in [0.1, 0.15) is 5.56 Å². The molecule has 0 aliphatic heterocycles. The molecule has 17 heavy (non-hydrogen) atoms. The van der Waals surface area contributed by atoms with Crippen LogP contribution in [0, 0.1) is 12.7 Å². The van der Waals surface area contributed by atoms with Crippen LogP contribution < -0.4 is 5.32 Å². The van der Waals surface area contributed by atoms with Gasteiger partial charge in [0.1, 0.15) is 0 Å². The molecule has 0 aliphatic rings. The van der Waals surface area contributed by atoms with Crippen LogP contribution >= 0.6 is 27.5 Å². The molecule has 0 fully saturated rings. The second kappa shape index (κ2) is 5.02. The highest BCUT2D eigenvalue weighted by molar-refractivity contribution is 9.10. The van der Waals surface area contributed by atoms with Crippen LogP contribution in [-0.4, -0.2) is 4.98 Å². The maximum atomic E-state index is 13.6. The summed E-state index contributed by atoms with van der Waals surface area (Å²) in [5.41, 5.74) is 1.60. The van der Waals surface area contributed by atoms with Crippen LogP contribution in [0.3, 0.4) is 0 Å². The summed E-state index contributed by atoms with van der Waals surface area (Å²) in [7, 11) is 0. The van der Waals surface area contributed by atoms with Crippen molar-refractivity contribution >= 4 is 39.0 Å². The number of nitrogens with one attached hydrogen (secondary N) is 1. The molecule has 0 unspecified atom stereocenters. The number of hydrogen-bond acceptors (Lipinski definition) is 2. The molecule has 1 heterocycles. The molecule has 1 N–H and O–H groups in total. The number of halogens is 3. The molecule has 88 valence electrons. The largest absolute Gasteiger partial charge is 0.336 e. The maximum absolute atomic E-state index is 13.6. The van der Waals surface area contributed by atoms with E-state index in [0.717, 1.165) is 5.56 Å². The number of pyridine rings is 1. The second-order valence-corrected chi connectivity index (χ2v) is 4.86. The molecule has 2 rings (SSSR count). The number of hydrogen-bond donors (Lipinski definition) is 1. The highest BCUT2D eigenvalue weighted by Gasteiger charge is 2.08. The number of nitrogens with zero attached hydrogens (tertiary/aromatic N) is 1. The van der Waals surface area contributed by atoms with Crippen LogP contribution in [0.5, 0.6) is 0 Å². The van der Waals surface area contributed by atoms with Gasteiger partial charge in [-0.05, 0) is 40.5 Å². The smallest absolute Gasteiger partial charge is 0.166 e. The number of rotatable bonds is 2. The Morgan fingerprint density at radius 3 is 2.82 bits per heavy atom. The minimum atomic E-state index is -0.432. The molecule has 0 aliphatic carbocycles. The summed E-state index contributed by atoms with van der Waals surface area (Å²) in [6.07, 6.45) is 1.53.